The number of aryl methyl sites for hydroxylation is 1. The molecule has 1 aliphatic rings. The van der Waals surface area contributed by atoms with Gasteiger partial charge in [-0.2, -0.15) is 0 Å². The van der Waals surface area contributed by atoms with E-state index < -0.39 is 22.0 Å². The first-order valence-corrected chi connectivity index (χ1v) is 15.0. The van der Waals surface area contributed by atoms with E-state index in [9.17, 15) is 22.8 Å². The molecule has 210 valence electrons. The molecule has 9 heteroatoms. The minimum absolute atomic E-state index is 0.0113. The second-order valence-corrected chi connectivity index (χ2v) is 11.8. The Morgan fingerprint density at radius 3 is 2.27 bits per heavy atom. The number of carbonyl (C=O) groups is 3. The van der Waals surface area contributed by atoms with E-state index in [1.165, 1.54) is 12.1 Å². The minimum Gasteiger partial charge on any atom is -0.354 e. The number of benzene rings is 3. The van der Waals surface area contributed by atoms with Gasteiger partial charge < -0.3 is 10.2 Å². The Hall–Kier alpha value is -3.98. The van der Waals surface area contributed by atoms with E-state index in [1.807, 2.05) is 68.4 Å². The van der Waals surface area contributed by atoms with Crippen LogP contribution < -0.4 is 5.32 Å². The Balaban J connectivity index is 1.55. The summed E-state index contributed by atoms with van der Waals surface area (Å²) in [4.78, 5) is 41.5. The molecule has 0 aliphatic carbocycles. The summed E-state index contributed by atoms with van der Waals surface area (Å²) >= 11 is 0. The van der Waals surface area contributed by atoms with Crippen LogP contribution in [0.25, 0.3) is 0 Å². The van der Waals surface area contributed by atoms with Crippen LogP contribution in [0.4, 0.5) is 0 Å². The summed E-state index contributed by atoms with van der Waals surface area (Å²) in [6, 6.07) is 22.7. The van der Waals surface area contributed by atoms with Crippen molar-refractivity contribution < 1.29 is 22.8 Å². The van der Waals surface area contributed by atoms with E-state index >= 15 is 0 Å². The van der Waals surface area contributed by atoms with Crippen LogP contribution in [0.1, 0.15) is 53.2 Å². The van der Waals surface area contributed by atoms with E-state index in [0.29, 0.717) is 13.0 Å². The number of nitrogens with zero attached hydrogens (tertiary/aromatic N) is 2. The quantitative estimate of drug-likeness (QED) is 0.359. The van der Waals surface area contributed by atoms with Gasteiger partial charge in [0.2, 0.25) is 11.8 Å². The summed E-state index contributed by atoms with van der Waals surface area (Å²) in [5.74, 6) is -1.10. The second-order valence-electron chi connectivity index (χ2n) is 9.99. The van der Waals surface area contributed by atoms with Gasteiger partial charge in [-0.1, -0.05) is 79.2 Å². The van der Waals surface area contributed by atoms with Crippen molar-refractivity contribution in [2.45, 2.75) is 57.0 Å². The summed E-state index contributed by atoms with van der Waals surface area (Å²) in [7, 11) is -3.95. The smallest absolute Gasteiger partial charge is 0.269 e. The number of sulfonamides is 1. The van der Waals surface area contributed by atoms with E-state index in [2.05, 4.69) is 5.32 Å². The molecule has 1 aliphatic heterocycles. The van der Waals surface area contributed by atoms with Crippen molar-refractivity contribution >= 4 is 27.7 Å². The predicted molar refractivity (Wildman–Crippen MR) is 153 cm³/mol. The van der Waals surface area contributed by atoms with Gasteiger partial charge in [-0.3, -0.25) is 14.4 Å². The predicted octanol–water partition coefficient (Wildman–Crippen LogP) is 4.09. The van der Waals surface area contributed by atoms with E-state index in [0.717, 1.165) is 27.4 Å². The summed E-state index contributed by atoms with van der Waals surface area (Å²) in [5, 5.41) is 2.95. The highest BCUT2D eigenvalue weighted by atomic mass is 32.2. The van der Waals surface area contributed by atoms with E-state index in [1.54, 1.807) is 17.0 Å². The van der Waals surface area contributed by atoms with Gasteiger partial charge in [0.05, 0.1) is 5.56 Å². The van der Waals surface area contributed by atoms with Crippen LogP contribution in [-0.4, -0.2) is 54.5 Å². The van der Waals surface area contributed by atoms with E-state index in [-0.39, 0.29) is 48.2 Å². The molecule has 4 rings (SSSR count). The van der Waals surface area contributed by atoms with Gasteiger partial charge in [-0.15, -0.1) is 0 Å². The lowest BCUT2D eigenvalue weighted by Gasteiger charge is -2.32. The van der Waals surface area contributed by atoms with Crippen molar-refractivity contribution in [3.63, 3.8) is 0 Å². The Labute approximate surface area is 236 Å². The Morgan fingerprint density at radius 1 is 0.925 bits per heavy atom. The molecule has 1 N–H and O–H groups in total. The highest BCUT2D eigenvalue weighted by molar-refractivity contribution is 7.90. The summed E-state index contributed by atoms with van der Waals surface area (Å²) in [6.45, 7) is 4.54. The van der Waals surface area contributed by atoms with Gasteiger partial charge in [0.15, 0.2) is 0 Å². The Bertz CT molecular complexity index is 1460. The van der Waals surface area contributed by atoms with Crippen LogP contribution >= 0.6 is 0 Å². The normalized spacial score (nSPS) is 14.4. The van der Waals surface area contributed by atoms with Crippen molar-refractivity contribution in [3.8, 4) is 0 Å². The fourth-order valence-electron chi connectivity index (χ4n) is 4.78. The lowest BCUT2D eigenvalue weighted by Crippen LogP contribution is -2.50. The average molecular weight is 562 g/mol. The zero-order valence-electron chi connectivity index (χ0n) is 22.9. The number of rotatable bonds is 12. The standard InChI is InChI=1S/C31H35N3O5S/c1-3-19-32-30(36)27(21-24-10-5-4-6-11-24)33(22-25-17-15-23(2)16-18-25)29(35)14-9-20-34-31(37)26-12-7-8-13-28(26)40(34,38)39/h4-8,10-13,15-18,27H,3,9,14,19-22H2,1-2H3,(H,32,36)/t27-/m0/s1. The highest BCUT2D eigenvalue weighted by Crippen LogP contribution is 2.30. The van der Waals surface area contributed by atoms with Crippen LogP contribution in [-0.2, 0) is 32.6 Å². The molecule has 0 aromatic heterocycles. The maximum atomic E-state index is 13.8. The number of hydrogen-bond acceptors (Lipinski definition) is 5. The molecule has 0 fully saturated rings. The van der Waals surface area contributed by atoms with Crippen LogP contribution in [0.5, 0.6) is 0 Å². The first-order valence-electron chi connectivity index (χ1n) is 13.5. The monoisotopic (exact) mass is 561 g/mol. The molecular formula is C31H35N3O5S. The van der Waals surface area contributed by atoms with Crippen molar-refractivity contribution in [1.29, 1.82) is 0 Å². The van der Waals surface area contributed by atoms with Crippen LogP contribution in [0.15, 0.2) is 83.8 Å². The van der Waals surface area contributed by atoms with E-state index in [4.69, 9.17) is 0 Å². The van der Waals surface area contributed by atoms with Crippen molar-refractivity contribution in [3.05, 3.63) is 101 Å². The van der Waals surface area contributed by atoms with Crippen molar-refractivity contribution in [2.75, 3.05) is 13.1 Å². The topological polar surface area (TPSA) is 104 Å². The maximum Gasteiger partial charge on any atom is 0.269 e. The fourth-order valence-corrected chi connectivity index (χ4v) is 6.39. The number of hydrogen-bond donors (Lipinski definition) is 1. The third kappa shape index (κ3) is 6.59. The molecule has 40 heavy (non-hydrogen) atoms. The highest BCUT2D eigenvalue weighted by Gasteiger charge is 2.40. The lowest BCUT2D eigenvalue weighted by molar-refractivity contribution is -0.141. The van der Waals surface area contributed by atoms with Gasteiger partial charge in [-0.25, -0.2) is 12.7 Å². The molecule has 0 saturated carbocycles. The molecule has 1 heterocycles. The van der Waals surface area contributed by atoms with Gasteiger partial charge in [0.1, 0.15) is 10.9 Å². The Kier molecular flexibility index (Phi) is 9.37. The molecule has 0 unspecified atom stereocenters. The van der Waals surface area contributed by atoms with Crippen LogP contribution in [0, 0.1) is 6.92 Å². The lowest BCUT2D eigenvalue weighted by atomic mass is 10.0. The average Bonchev–Trinajstić information content (AvgIpc) is 3.15. The summed E-state index contributed by atoms with van der Waals surface area (Å²) < 4.78 is 26.7. The molecule has 8 nitrogen and oxygen atoms in total. The zero-order valence-corrected chi connectivity index (χ0v) is 23.7. The number of carbonyl (C=O) groups excluding carboxylic acids is 3. The number of nitrogens with one attached hydrogen (secondary N) is 1. The van der Waals surface area contributed by atoms with Gasteiger partial charge in [0, 0.05) is 32.5 Å². The van der Waals surface area contributed by atoms with Crippen molar-refractivity contribution in [1.82, 2.24) is 14.5 Å². The SMILES string of the molecule is CCCNC(=O)[C@H](Cc1ccccc1)N(Cc1ccc(C)cc1)C(=O)CCCN1C(=O)c2ccccc2S1(=O)=O. The first kappa shape index (κ1) is 29.0. The molecule has 0 bridgehead atoms. The third-order valence-corrected chi connectivity index (χ3v) is 8.80. The molecule has 0 saturated heterocycles. The number of amides is 3. The van der Waals surface area contributed by atoms with Gasteiger partial charge in [0.25, 0.3) is 15.9 Å². The van der Waals surface area contributed by atoms with Crippen LogP contribution in [0.3, 0.4) is 0 Å². The third-order valence-electron chi connectivity index (χ3n) is 6.96. The van der Waals surface area contributed by atoms with Gasteiger partial charge >= 0.3 is 0 Å². The molecule has 3 aromatic carbocycles. The molecule has 1 atom stereocenters. The second kappa shape index (κ2) is 12.9. The molecule has 0 radical (unpaired) electrons. The van der Waals surface area contributed by atoms with Crippen LogP contribution in [0.2, 0.25) is 0 Å². The largest absolute Gasteiger partial charge is 0.354 e. The molecule has 3 aromatic rings. The zero-order chi connectivity index (χ0) is 28.7. The van der Waals surface area contributed by atoms with Crippen molar-refractivity contribution in [2.24, 2.45) is 0 Å². The number of fused-ring (bicyclic) bond motifs is 1. The molecule has 3 amide bonds. The minimum atomic E-state index is -3.95. The maximum absolute atomic E-state index is 13.8. The molecular weight excluding hydrogens is 526 g/mol. The summed E-state index contributed by atoms with van der Waals surface area (Å²) in [6.07, 6.45) is 1.21. The van der Waals surface area contributed by atoms with Gasteiger partial charge in [-0.05, 0) is 43.0 Å². The first-order chi connectivity index (χ1) is 19.2. The summed E-state index contributed by atoms with van der Waals surface area (Å²) in [5.41, 5.74) is 3.03. The Morgan fingerprint density at radius 2 is 1.60 bits per heavy atom. The molecule has 0 spiro atoms. The fraction of sp³-hybridized carbons (Fsp3) is 0.323.